The molecule has 0 aliphatic rings. The van der Waals surface area contributed by atoms with Crippen molar-refractivity contribution in [2.45, 2.75) is 19.9 Å². The van der Waals surface area contributed by atoms with E-state index in [1.54, 1.807) is 12.3 Å². The van der Waals surface area contributed by atoms with E-state index in [9.17, 15) is 0 Å². The van der Waals surface area contributed by atoms with Crippen LogP contribution in [0, 0.1) is 6.92 Å². The van der Waals surface area contributed by atoms with E-state index in [1.807, 2.05) is 20.2 Å². The number of hydrogen-bond donors (Lipinski definition) is 1. The minimum atomic E-state index is 0.245. The van der Waals surface area contributed by atoms with E-state index in [-0.39, 0.29) is 6.04 Å². The van der Waals surface area contributed by atoms with E-state index in [4.69, 9.17) is 0 Å². The molecule has 17 heavy (non-hydrogen) atoms. The van der Waals surface area contributed by atoms with E-state index >= 15 is 0 Å². The quantitative estimate of drug-likeness (QED) is 0.864. The lowest BCUT2D eigenvalue weighted by Gasteiger charge is -2.12. The third kappa shape index (κ3) is 2.45. The summed E-state index contributed by atoms with van der Waals surface area (Å²) < 4.78 is 0. The van der Waals surface area contributed by atoms with Gasteiger partial charge < -0.3 is 5.32 Å². The number of hydrogen-bond acceptors (Lipinski definition) is 5. The molecule has 1 N–H and O–H groups in total. The van der Waals surface area contributed by atoms with Gasteiger partial charge in [0.05, 0.1) is 0 Å². The van der Waals surface area contributed by atoms with Gasteiger partial charge in [-0.15, -0.1) is 0 Å². The van der Waals surface area contributed by atoms with Crippen LogP contribution in [-0.4, -0.2) is 27.0 Å². The van der Waals surface area contributed by atoms with Crippen molar-refractivity contribution in [1.29, 1.82) is 0 Å². The fourth-order valence-corrected chi connectivity index (χ4v) is 1.60. The van der Waals surface area contributed by atoms with Crippen LogP contribution in [0.1, 0.15) is 24.2 Å². The van der Waals surface area contributed by atoms with E-state index in [0.29, 0.717) is 5.82 Å². The van der Waals surface area contributed by atoms with Crippen molar-refractivity contribution in [2.75, 3.05) is 7.05 Å². The molecule has 0 aromatic carbocycles. The topological polar surface area (TPSA) is 63.6 Å². The fourth-order valence-electron chi connectivity index (χ4n) is 1.60. The van der Waals surface area contributed by atoms with Crippen molar-refractivity contribution in [3.8, 4) is 11.5 Å². The van der Waals surface area contributed by atoms with E-state index in [1.165, 1.54) is 6.33 Å². The summed E-state index contributed by atoms with van der Waals surface area (Å²) in [6, 6.07) is 2.05. The molecular weight excluding hydrogens is 214 g/mol. The molecule has 0 bridgehead atoms. The van der Waals surface area contributed by atoms with Gasteiger partial charge in [0.15, 0.2) is 5.82 Å². The lowest BCUT2D eigenvalue weighted by molar-refractivity contribution is 0.641. The number of aromatic nitrogens is 4. The molecule has 0 radical (unpaired) electrons. The second-order valence-corrected chi connectivity index (χ2v) is 3.84. The second kappa shape index (κ2) is 4.97. The Hall–Kier alpha value is -1.88. The minimum Gasteiger partial charge on any atom is -0.313 e. The van der Waals surface area contributed by atoms with Crippen molar-refractivity contribution in [3.63, 3.8) is 0 Å². The predicted molar refractivity (Wildman–Crippen MR) is 65.3 cm³/mol. The van der Waals surface area contributed by atoms with Crippen LogP contribution < -0.4 is 5.32 Å². The summed E-state index contributed by atoms with van der Waals surface area (Å²) in [7, 11) is 1.92. The van der Waals surface area contributed by atoms with Gasteiger partial charge in [0.2, 0.25) is 0 Å². The number of rotatable bonds is 3. The average molecular weight is 229 g/mol. The maximum Gasteiger partial charge on any atom is 0.178 e. The third-order valence-corrected chi connectivity index (χ3v) is 2.73. The molecule has 0 saturated heterocycles. The van der Waals surface area contributed by atoms with Gasteiger partial charge in [-0.05, 0) is 27.0 Å². The molecule has 0 saturated carbocycles. The molecule has 2 rings (SSSR count). The van der Waals surface area contributed by atoms with Crippen molar-refractivity contribution in [2.24, 2.45) is 0 Å². The van der Waals surface area contributed by atoms with Gasteiger partial charge in [-0.3, -0.25) is 0 Å². The van der Waals surface area contributed by atoms with Crippen LogP contribution in [0.3, 0.4) is 0 Å². The normalized spacial score (nSPS) is 12.4. The molecule has 1 atom stereocenters. The molecule has 5 heteroatoms. The maximum absolute atomic E-state index is 4.47. The highest BCUT2D eigenvalue weighted by molar-refractivity contribution is 5.48. The Morgan fingerprint density at radius 2 is 2.12 bits per heavy atom. The first kappa shape index (κ1) is 11.6. The Balaban J connectivity index is 2.38. The molecule has 88 valence electrons. The van der Waals surface area contributed by atoms with Crippen molar-refractivity contribution in [1.82, 2.24) is 25.3 Å². The predicted octanol–water partition coefficient (Wildman–Crippen LogP) is 1.52. The zero-order valence-electron chi connectivity index (χ0n) is 10.2. The molecule has 2 heterocycles. The standard InChI is InChI=1S/C12H15N5/c1-8(13-3)10-6-15-12(17-9(10)2)11-4-5-14-7-16-11/h4-8,13H,1-3H3. The van der Waals surface area contributed by atoms with Crippen LogP contribution in [0.15, 0.2) is 24.8 Å². The monoisotopic (exact) mass is 229 g/mol. The first-order valence-corrected chi connectivity index (χ1v) is 5.49. The van der Waals surface area contributed by atoms with Gasteiger partial charge in [0, 0.05) is 29.7 Å². The highest BCUT2D eigenvalue weighted by atomic mass is 14.9. The molecule has 0 amide bonds. The van der Waals surface area contributed by atoms with Crippen LogP contribution in [0.4, 0.5) is 0 Å². The first-order chi connectivity index (χ1) is 8.22. The first-order valence-electron chi connectivity index (χ1n) is 5.49. The number of nitrogens with zero attached hydrogens (tertiary/aromatic N) is 4. The molecule has 0 aliphatic carbocycles. The van der Waals surface area contributed by atoms with Crippen LogP contribution in [0.25, 0.3) is 11.5 Å². The third-order valence-electron chi connectivity index (χ3n) is 2.73. The lowest BCUT2D eigenvalue weighted by atomic mass is 10.1. The van der Waals surface area contributed by atoms with Gasteiger partial charge in [0.1, 0.15) is 12.0 Å². The van der Waals surface area contributed by atoms with Gasteiger partial charge in [-0.25, -0.2) is 19.9 Å². The summed E-state index contributed by atoms with van der Waals surface area (Å²) in [5, 5.41) is 3.18. The number of nitrogens with one attached hydrogen (secondary N) is 1. The summed E-state index contributed by atoms with van der Waals surface area (Å²) in [4.78, 5) is 16.8. The molecule has 2 aromatic rings. The highest BCUT2D eigenvalue weighted by Crippen LogP contribution is 2.17. The SMILES string of the molecule is CNC(C)c1cnc(-c2ccncn2)nc1C. The van der Waals surface area contributed by atoms with Crippen LogP contribution in [-0.2, 0) is 0 Å². The maximum atomic E-state index is 4.47. The minimum absolute atomic E-state index is 0.245. The highest BCUT2D eigenvalue weighted by Gasteiger charge is 2.10. The van der Waals surface area contributed by atoms with Gasteiger partial charge >= 0.3 is 0 Å². The zero-order valence-corrected chi connectivity index (χ0v) is 10.2. The molecule has 1 unspecified atom stereocenters. The zero-order chi connectivity index (χ0) is 12.3. The van der Waals surface area contributed by atoms with E-state index in [2.05, 4.69) is 32.2 Å². The van der Waals surface area contributed by atoms with Crippen molar-refractivity contribution >= 4 is 0 Å². The fraction of sp³-hybridized carbons (Fsp3) is 0.333. The summed E-state index contributed by atoms with van der Waals surface area (Å²) in [5.74, 6) is 0.636. The summed E-state index contributed by atoms with van der Waals surface area (Å²) in [5.41, 5.74) is 2.81. The Kier molecular flexibility index (Phi) is 3.39. The Labute approximate surface area is 100 Å². The molecular formula is C12H15N5. The summed E-state index contributed by atoms with van der Waals surface area (Å²) in [6.07, 6.45) is 5.03. The average Bonchev–Trinajstić information content (AvgIpc) is 2.39. The van der Waals surface area contributed by atoms with Crippen molar-refractivity contribution in [3.05, 3.63) is 36.0 Å². The number of aryl methyl sites for hydroxylation is 1. The van der Waals surface area contributed by atoms with Crippen LogP contribution in [0.2, 0.25) is 0 Å². The Bertz CT molecular complexity index is 498. The second-order valence-electron chi connectivity index (χ2n) is 3.84. The van der Waals surface area contributed by atoms with E-state index in [0.717, 1.165) is 17.0 Å². The molecule has 2 aromatic heterocycles. The van der Waals surface area contributed by atoms with Gasteiger partial charge in [-0.1, -0.05) is 0 Å². The van der Waals surface area contributed by atoms with E-state index < -0.39 is 0 Å². The largest absolute Gasteiger partial charge is 0.313 e. The molecule has 0 aliphatic heterocycles. The Morgan fingerprint density at radius 3 is 2.71 bits per heavy atom. The van der Waals surface area contributed by atoms with Crippen LogP contribution >= 0.6 is 0 Å². The molecule has 5 nitrogen and oxygen atoms in total. The lowest BCUT2D eigenvalue weighted by Crippen LogP contribution is -2.15. The van der Waals surface area contributed by atoms with Gasteiger partial charge in [-0.2, -0.15) is 0 Å². The van der Waals surface area contributed by atoms with Crippen LogP contribution in [0.5, 0.6) is 0 Å². The summed E-state index contributed by atoms with van der Waals surface area (Å²) in [6.45, 7) is 4.06. The molecule has 0 spiro atoms. The smallest absolute Gasteiger partial charge is 0.178 e. The molecule has 0 fully saturated rings. The Morgan fingerprint density at radius 1 is 1.29 bits per heavy atom. The van der Waals surface area contributed by atoms with Gasteiger partial charge in [0.25, 0.3) is 0 Å². The van der Waals surface area contributed by atoms with Crippen molar-refractivity contribution < 1.29 is 0 Å². The summed E-state index contributed by atoms with van der Waals surface area (Å²) >= 11 is 0.